The third-order valence-corrected chi connectivity index (χ3v) is 3.51. The van der Waals surface area contributed by atoms with Crippen molar-refractivity contribution in [1.29, 1.82) is 0 Å². The molecular formula is C18H18ClN3O2. The number of nitrogens with one attached hydrogen (secondary N) is 2. The lowest BCUT2D eigenvalue weighted by Gasteiger charge is -2.10. The molecule has 0 unspecified atom stereocenters. The molecule has 24 heavy (non-hydrogen) atoms. The maximum absolute atomic E-state index is 12.1. The van der Waals surface area contributed by atoms with Crippen LogP contribution in [-0.2, 0) is 9.59 Å². The fourth-order valence-electron chi connectivity index (χ4n) is 1.97. The monoisotopic (exact) mass is 343 g/mol. The molecule has 0 aromatic heterocycles. The first-order chi connectivity index (χ1) is 11.5. The fourth-order valence-corrected chi connectivity index (χ4v) is 2.09. The molecule has 2 aromatic rings. The highest BCUT2D eigenvalue weighted by Crippen LogP contribution is 2.20. The van der Waals surface area contributed by atoms with Crippen LogP contribution in [0.5, 0.6) is 0 Å². The van der Waals surface area contributed by atoms with Crippen LogP contribution in [0.3, 0.4) is 0 Å². The Morgan fingerprint density at radius 3 is 2.50 bits per heavy atom. The smallest absolute Gasteiger partial charge is 0.248 e. The van der Waals surface area contributed by atoms with Gasteiger partial charge in [-0.1, -0.05) is 29.8 Å². The Kier molecular flexibility index (Phi) is 6.12. The van der Waals surface area contributed by atoms with E-state index in [9.17, 15) is 9.59 Å². The van der Waals surface area contributed by atoms with Crippen LogP contribution in [0.25, 0.3) is 6.08 Å². The van der Waals surface area contributed by atoms with Crippen molar-refractivity contribution < 1.29 is 9.59 Å². The molecule has 0 heterocycles. The molecule has 0 aliphatic rings. The van der Waals surface area contributed by atoms with Gasteiger partial charge >= 0.3 is 0 Å². The molecule has 4 N–H and O–H groups in total. The predicted octanol–water partition coefficient (Wildman–Crippen LogP) is 3.20. The molecule has 0 spiro atoms. The van der Waals surface area contributed by atoms with Crippen LogP contribution in [-0.4, -0.2) is 18.4 Å². The zero-order chi connectivity index (χ0) is 17.5. The maximum Gasteiger partial charge on any atom is 0.248 e. The summed E-state index contributed by atoms with van der Waals surface area (Å²) in [5.41, 5.74) is 8.23. The zero-order valence-corrected chi connectivity index (χ0v) is 13.9. The third kappa shape index (κ3) is 5.22. The summed E-state index contributed by atoms with van der Waals surface area (Å²) in [4.78, 5) is 23.4. The SMILES string of the molecule is Cc1ccc(NC(=O)CN)cc1NC(=O)/C=C/c1ccc(Cl)cc1. The minimum atomic E-state index is -0.293. The molecule has 0 saturated heterocycles. The van der Waals surface area contributed by atoms with Crippen molar-refractivity contribution in [3.05, 3.63) is 64.7 Å². The third-order valence-electron chi connectivity index (χ3n) is 3.26. The van der Waals surface area contributed by atoms with Crippen molar-refractivity contribution in [2.75, 3.05) is 17.2 Å². The highest BCUT2D eigenvalue weighted by atomic mass is 35.5. The quantitative estimate of drug-likeness (QED) is 0.729. The summed E-state index contributed by atoms with van der Waals surface area (Å²) in [6, 6.07) is 12.4. The average molecular weight is 344 g/mol. The number of carbonyl (C=O) groups is 2. The summed E-state index contributed by atoms with van der Waals surface area (Å²) in [6.07, 6.45) is 3.13. The normalized spacial score (nSPS) is 10.6. The van der Waals surface area contributed by atoms with Gasteiger partial charge in [0.2, 0.25) is 11.8 Å². The number of hydrogen-bond acceptors (Lipinski definition) is 3. The van der Waals surface area contributed by atoms with E-state index < -0.39 is 0 Å². The number of nitrogens with two attached hydrogens (primary N) is 1. The van der Waals surface area contributed by atoms with Crippen LogP contribution in [0.4, 0.5) is 11.4 Å². The van der Waals surface area contributed by atoms with Gasteiger partial charge in [0.1, 0.15) is 0 Å². The van der Waals surface area contributed by atoms with Crippen LogP contribution < -0.4 is 16.4 Å². The largest absolute Gasteiger partial charge is 0.325 e. The number of halogens is 1. The van der Waals surface area contributed by atoms with E-state index in [1.54, 1.807) is 30.3 Å². The molecule has 2 amide bonds. The summed E-state index contributed by atoms with van der Waals surface area (Å²) in [6.45, 7) is 1.77. The van der Waals surface area contributed by atoms with Gasteiger partial charge in [0, 0.05) is 22.5 Å². The zero-order valence-electron chi connectivity index (χ0n) is 13.2. The Hall–Kier alpha value is -2.63. The van der Waals surface area contributed by atoms with E-state index in [1.165, 1.54) is 6.08 Å². The minimum Gasteiger partial charge on any atom is -0.325 e. The van der Waals surface area contributed by atoms with Gasteiger partial charge < -0.3 is 16.4 Å². The van der Waals surface area contributed by atoms with Crippen molar-refractivity contribution >= 4 is 40.9 Å². The van der Waals surface area contributed by atoms with Crippen molar-refractivity contribution in [2.45, 2.75) is 6.92 Å². The number of carbonyl (C=O) groups excluding carboxylic acids is 2. The molecule has 0 fully saturated rings. The lowest BCUT2D eigenvalue weighted by molar-refractivity contribution is -0.115. The van der Waals surface area contributed by atoms with E-state index >= 15 is 0 Å². The molecule has 2 rings (SSSR count). The summed E-state index contributed by atoms with van der Waals surface area (Å²) in [7, 11) is 0. The standard InChI is InChI=1S/C18H18ClN3O2/c1-12-2-8-15(21-18(24)11-20)10-16(12)22-17(23)9-5-13-3-6-14(19)7-4-13/h2-10H,11,20H2,1H3,(H,21,24)(H,22,23)/b9-5+. The fraction of sp³-hybridized carbons (Fsp3) is 0.111. The number of hydrogen-bond donors (Lipinski definition) is 3. The highest BCUT2D eigenvalue weighted by molar-refractivity contribution is 6.30. The summed E-state index contributed by atoms with van der Waals surface area (Å²) in [5, 5.41) is 6.08. The Balaban J connectivity index is 2.06. The molecule has 0 bridgehead atoms. The number of anilines is 2. The Bertz CT molecular complexity index is 770. The Morgan fingerprint density at radius 1 is 1.12 bits per heavy atom. The minimum absolute atomic E-state index is 0.0978. The first-order valence-corrected chi connectivity index (χ1v) is 7.71. The summed E-state index contributed by atoms with van der Waals surface area (Å²) in [5.74, 6) is -0.561. The Labute approximate surface area is 145 Å². The van der Waals surface area contributed by atoms with Crippen molar-refractivity contribution in [3.8, 4) is 0 Å². The molecule has 124 valence electrons. The van der Waals surface area contributed by atoms with E-state index in [2.05, 4.69) is 10.6 Å². The van der Waals surface area contributed by atoms with Gasteiger partial charge in [0.15, 0.2) is 0 Å². The molecule has 2 aromatic carbocycles. The van der Waals surface area contributed by atoms with Gasteiger partial charge in [0.25, 0.3) is 0 Å². The van der Waals surface area contributed by atoms with Crippen LogP contribution in [0.15, 0.2) is 48.5 Å². The molecule has 0 aliphatic carbocycles. The van der Waals surface area contributed by atoms with Crippen LogP contribution in [0.1, 0.15) is 11.1 Å². The van der Waals surface area contributed by atoms with E-state index in [4.69, 9.17) is 17.3 Å². The van der Waals surface area contributed by atoms with Crippen molar-refractivity contribution in [3.63, 3.8) is 0 Å². The van der Waals surface area contributed by atoms with E-state index in [0.717, 1.165) is 11.1 Å². The molecule has 0 atom stereocenters. The second-order valence-electron chi connectivity index (χ2n) is 5.16. The van der Waals surface area contributed by atoms with Gasteiger partial charge in [-0.15, -0.1) is 0 Å². The molecule has 5 nitrogen and oxygen atoms in total. The summed E-state index contributed by atoms with van der Waals surface area (Å²) < 4.78 is 0. The lowest BCUT2D eigenvalue weighted by Crippen LogP contribution is -2.22. The summed E-state index contributed by atoms with van der Waals surface area (Å²) >= 11 is 5.82. The highest BCUT2D eigenvalue weighted by Gasteiger charge is 2.05. The lowest BCUT2D eigenvalue weighted by atomic mass is 10.1. The second kappa shape index (κ2) is 8.29. The topological polar surface area (TPSA) is 84.2 Å². The molecular weight excluding hydrogens is 326 g/mol. The van der Waals surface area contributed by atoms with Crippen LogP contribution in [0, 0.1) is 6.92 Å². The molecule has 6 heteroatoms. The van der Waals surface area contributed by atoms with Crippen molar-refractivity contribution in [1.82, 2.24) is 0 Å². The van der Waals surface area contributed by atoms with Gasteiger partial charge in [-0.2, -0.15) is 0 Å². The van der Waals surface area contributed by atoms with Crippen molar-refractivity contribution in [2.24, 2.45) is 5.73 Å². The number of rotatable bonds is 5. The maximum atomic E-state index is 12.1. The molecule has 0 saturated carbocycles. The van der Waals surface area contributed by atoms with Crippen LogP contribution >= 0.6 is 11.6 Å². The van der Waals surface area contributed by atoms with Gasteiger partial charge in [0.05, 0.1) is 6.54 Å². The second-order valence-corrected chi connectivity index (χ2v) is 5.59. The van der Waals surface area contributed by atoms with E-state index in [-0.39, 0.29) is 18.4 Å². The average Bonchev–Trinajstić information content (AvgIpc) is 2.57. The first-order valence-electron chi connectivity index (χ1n) is 7.33. The first kappa shape index (κ1) is 17.7. The number of benzene rings is 2. The number of aryl methyl sites for hydroxylation is 1. The molecule has 0 radical (unpaired) electrons. The Morgan fingerprint density at radius 2 is 1.83 bits per heavy atom. The van der Waals surface area contributed by atoms with E-state index in [0.29, 0.717) is 16.4 Å². The van der Waals surface area contributed by atoms with Gasteiger partial charge in [-0.3, -0.25) is 9.59 Å². The number of amides is 2. The molecule has 0 aliphatic heterocycles. The van der Waals surface area contributed by atoms with Gasteiger partial charge in [-0.05, 0) is 48.4 Å². The van der Waals surface area contributed by atoms with Crippen LogP contribution in [0.2, 0.25) is 5.02 Å². The van der Waals surface area contributed by atoms with Gasteiger partial charge in [-0.25, -0.2) is 0 Å². The van der Waals surface area contributed by atoms with E-state index in [1.807, 2.05) is 25.1 Å². The predicted molar refractivity (Wildman–Crippen MR) is 98.0 cm³/mol.